The van der Waals surface area contributed by atoms with E-state index in [-0.39, 0.29) is 11.4 Å². The standard InChI is InChI=1S/C19H24N4O2S2/c24-16(15-12-14-17(27-15)21-18-23(14)8-11-26-18)20-13-19(4-2-1-3-5-19)22-6-9-25-10-7-22/h8,11-12H,1-7,9-10,13H2,(H,20,24). The van der Waals surface area contributed by atoms with E-state index in [0.29, 0.717) is 0 Å². The molecule has 0 spiro atoms. The first-order chi connectivity index (χ1) is 13.3. The lowest BCUT2D eigenvalue weighted by molar-refractivity contribution is -0.0361. The summed E-state index contributed by atoms with van der Waals surface area (Å²) < 4.78 is 7.61. The summed E-state index contributed by atoms with van der Waals surface area (Å²) >= 11 is 3.10. The zero-order valence-corrected chi connectivity index (χ0v) is 16.9. The Morgan fingerprint density at radius 2 is 2.07 bits per heavy atom. The number of thiazole rings is 1. The van der Waals surface area contributed by atoms with Crippen molar-refractivity contribution in [3.8, 4) is 0 Å². The average Bonchev–Trinajstić information content (AvgIpc) is 3.40. The van der Waals surface area contributed by atoms with Crippen molar-refractivity contribution in [1.29, 1.82) is 0 Å². The van der Waals surface area contributed by atoms with Crippen molar-refractivity contribution in [2.24, 2.45) is 0 Å². The van der Waals surface area contributed by atoms with Crippen molar-refractivity contribution in [1.82, 2.24) is 19.6 Å². The van der Waals surface area contributed by atoms with Gasteiger partial charge in [-0.05, 0) is 18.9 Å². The van der Waals surface area contributed by atoms with E-state index in [9.17, 15) is 4.79 Å². The highest BCUT2D eigenvalue weighted by molar-refractivity contribution is 7.21. The van der Waals surface area contributed by atoms with Gasteiger partial charge in [0.2, 0.25) is 0 Å². The van der Waals surface area contributed by atoms with Crippen molar-refractivity contribution < 1.29 is 9.53 Å². The summed E-state index contributed by atoms with van der Waals surface area (Å²) in [6.45, 7) is 4.27. The molecular formula is C19H24N4O2S2. The molecule has 1 saturated carbocycles. The van der Waals surface area contributed by atoms with Gasteiger partial charge in [-0.1, -0.05) is 19.3 Å². The normalized spacial score (nSPS) is 21.0. The maximum atomic E-state index is 12.9. The van der Waals surface area contributed by atoms with Gasteiger partial charge in [-0.25, -0.2) is 4.98 Å². The first-order valence-electron chi connectivity index (χ1n) is 9.71. The molecule has 8 heteroatoms. The van der Waals surface area contributed by atoms with Crippen LogP contribution in [-0.2, 0) is 4.74 Å². The Balaban J connectivity index is 1.33. The topological polar surface area (TPSA) is 58.9 Å². The number of carbonyl (C=O) groups is 1. The number of hydrogen-bond acceptors (Lipinski definition) is 6. The Morgan fingerprint density at radius 3 is 2.89 bits per heavy atom. The molecule has 0 radical (unpaired) electrons. The van der Waals surface area contributed by atoms with Gasteiger partial charge in [0.15, 0.2) is 4.96 Å². The molecule has 3 aromatic heterocycles. The summed E-state index contributed by atoms with van der Waals surface area (Å²) in [4.78, 5) is 22.7. The first-order valence-corrected chi connectivity index (χ1v) is 11.4. The van der Waals surface area contributed by atoms with E-state index in [2.05, 4.69) is 19.6 Å². The van der Waals surface area contributed by atoms with Crippen LogP contribution >= 0.6 is 22.7 Å². The van der Waals surface area contributed by atoms with E-state index in [4.69, 9.17) is 4.74 Å². The van der Waals surface area contributed by atoms with E-state index in [1.165, 1.54) is 30.6 Å². The zero-order valence-electron chi connectivity index (χ0n) is 15.3. The second-order valence-electron chi connectivity index (χ2n) is 7.54. The molecule has 4 heterocycles. The predicted octanol–water partition coefficient (Wildman–Crippen LogP) is 3.38. The number of nitrogens with zero attached hydrogens (tertiary/aromatic N) is 3. The van der Waals surface area contributed by atoms with E-state index < -0.39 is 0 Å². The van der Waals surface area contributed by atoms with Gasteiger partial charge in [0.1, 0.15) is 4.83 Å². The third kappa shape index (κ3) is 3.18. The van der Waals surface area contributed by atoms with Crippen LogP contribution in [0, 0.1) is 0 Å². The number of thiophene rings is 1. The maximum absolute atomic E-state index is 12.9. The molecule has 1 aliphatic carbocycles. The fraction of sp³-hybridized carbons (Fsp3) is 0.579. The highest BCUT2D eigenvalue weighted by Crippen LogP contribution is 2.34. The Bertz CT molecular complexity index is 948. The van der Waals surface area contributed by atoms with Crippen molar-refractivity contribution in [3.05, 3.63) is 22.5 Å². The highest BCUT2D eigenvalue weighted by Gasteiger charge is 2.39. The van der Waals surface area contributed by atoms with Crippen LogP contribution in [0.25, 0.3) is 15.3 Å². The van der Waals surface area contributed by atoms with Gasteiger partial charge in [0.05, 0.1) is 23.6 Å². The largest absolute Gasteiger partial charge is 0.379 e. The van der Waals surface area contributed by atoms with Crippen LogP contribution in [0.3, 0.4) is 0 Å². The number of rotatable bonds is 4. The highest BCUT2D eigenvalue weighted by atomic mass is 32.1. The summed E-state index contributed by atoms with van der Waals surface area (Å²) in [5, 5.41) is 5.28. The summed E-state index contributed by atoms with van der Waals surface area (Å²) in [5.41, 5.74) is 1.12. The minimum absolute atomic E-state index is 0.0280. The van der Waals surface area contributed by atoms with Gasteiger partial charge in [-0.15, -0.1) is 22.7 Å². The van der Waals surface area contributed by atoms with E-state index in [1.807, 2.05) is 17.6 Å². The van der Waals surface area contributed by atoms with Crippen LogP contribution in [0.1, 0.15) is 41.8 Å². The van der Waals surface area contributed by atoms with Crippen LogP contribution in [0.2, 0.25) is 0 Å². The van der Waals surface area contributed by atoms with E-state index in [1.54, 1.807) is 11.3 Å². The average molecular weight is 405 g/mol. The third-order valence-electron chi connectivity index (χ3n) is 6.01. The number of aromatic nitrogens is 2. The van der Waals surface area contributed by atoms with Gasteiger partial charge in [0, 0.05) is 36.8 Å². The summed E-state index contributed by atoms with van der Waals surface area (Å²) in [7, 11) is 0. The molecule has 0 bridgehead atoms. The number of imidazole rings is 1. The fourth-order valence-corrected chi connectivity index (χ4v) is 6.26. The molecule has 0 unspecified atom stereocenters. The Kier molecular flexibility index (Phi) is 4.67. The Labute approximate surface area is 166 Å². The summed E-state index contributed by atoms with van der Waals surface area (Å²) in [5.74, 6) is 0.0280. The van der Waals surface area contributed by atoms with Gasteiger partial charge in [-0.2, -0.15) is 0 Å². The number of fused-ring (bicyclic) bond motifs is 3. The van der Waals surface area contributed by atoms with E-state index >= 15 is 0 Å². The quantitative estimate of drug-likeness (QED) is 0.724. The number of hydrogen-bond donors (Lipinski definition) is 1. The van der Waals surface area contributed by atoms with Crippen molar-refractivity contribution in [2.75, 3.05) is 32.8 Å². The monoisotopic (exact) mass is 404 g/mol. The predicted molar refractivity (Wildman–Crippen MR) is 109 cm³/mol. The Hall–Kier alpha value is -1.48. The SMILES string of the molecule is O=C(NCC1(N2CCOCC2)CCCCC1)c1cc2c(nc3sccn32)s1. The Morgan fingerprint density at radius 1 is 1.26 bits per heavy atom. The van der Waals surface area contributed by atoms with Crippen molar-refractivity contribution >= 4 is 43.9 Å². The van der Waals surface area contributed by atoms with Crippen LogP contribution in [0.5, 0.6) is 0 Å². The van der Waals surface area contributed by atoms with Crippen LogP contribution in [0.4, 0.5) is 0 Å². The molecule has 2 fully saturated rings. The van der Waals surface area contributed by atoms with Crippen molar-refractivity contribution in [2.45, 2.75) is 37.6 Å². The molecule has 1 aliphatic heterocycles. The number of ether oxygens (including phenoxy) is 1. The number of nitrogens with one attached hydrogen (secondary N) is 1. The number of amides is 1. The van der Waals surface area contributed by atoms with Crippen LogP contribution < -0.4 is 5.32 Å². The van der Waals surface area contributed by atoms with Gasteiger partial charge in [0.25, 0.3) is 5.91 Å². The number of carbonyl (C=O) groups excluding carboxylic acids is 1. The first kappa shape index (κ1) is 17.6. The summed E-state index contributed by atoms with van der Waals surface area (Å²) in [6.07, 6.45) is 8.14. The van der Waals surface area contributed by atoms with Gasteiger partial charge < -0.3 is 10.1 Å². The van der Waals surface area contributed by atoms with Crippen molar-refractivity contribution in [3.63, 3.8) is 0 Å². The number of morpholine rings is 1. The van der Waals surface area contributed by atoms with Crippen LogP contribution in [-0.4, -0.2) is 58.6 Å². The minimum atomic E-state index is 0.0280. The molecule has 27 heavy (non-hydrogen) atoms. The van der Waals surface area contributed by atoms with E-state index in [0.717, 1.165) is 65.9 Å². The lowest BCUT2D eigenvalue weighted by atomic mass is 9.79. The van der Waals surface area contributed by atoms with Gasteiger partial charge >= 0.3 is 0 Å². The lowest BCUT2D eigenvalue weighted by Gasteiger charge is -2.48. The third-order valence-corrected chi connectivity index (χ3v) is 7.78. The molecule has 1 amide bonds. The second kappa shape index (κ2) is 7.16. The molecule has 2 aliphatic rings. The summed E-state index contributed by atoms with van der Waals surface area (Å²) in [6, 6.07) is 1.98. The molecular weight excluding hydrogens is 380 g/mol. The molecule has 144 valence electrons. The zero-order chi connectivity index (χ0) is 18.3. The smallest absolute Gasteiger partial charge is 0.261 e. The molecule has 0 aromatic carbocycles. The molecule has 6 nitrogen and oxygen atoms in total. The molecule has 1 N–H and O–H groups in total. The van der Waals surface area contributed by atoms with Crippen LogP contribution in [0.15, 0.2) is 17.6 Å². The molecule has 0 atom stereocenters. The maximum Gasteiger partial charge on any atom is 0.261 e. The second-order valence-corrected chi connectivity index (χ2v) is 9.44. The fourth-order valence-electron chi connectivity index (χ4n) is 4.54. The van der Waals surface area contributed by atoms with Gasteiger partial charge in [-0.3, -0.25) is 14.1 Å². The molecule has 3 aromatic rings. The molecule has 1 saturated heterocycles. The lowest BCUT2D eigenvalue weighted by Crippen LogP contribution is -2.59. The minimum Gasteiger partial charge on any atom is -0.379 e. The molecule has 5 rings (SSSR count).